The first kappa shape index (κ1) is 14.9. The SMILES string of the molecule is Cc1ncc([C@@H](C)NCc2cccc(Cn3cncn3)c2)s1. The van der Waals surface area contributed by atoms with Crippen molar-refractivity contribution in [1.82, 2.24) is 25.1 Å². The largest absolute Gasteiger partial charge is 0.305 e. The van der Waals surface area contributed by atoms with Gasteiger partial charge in [0.05, 0.1) is 11.6 Å². The number of benzene rings is 1. The molecule has 1 N–H and O–H groups in total. The van der Waals surface area contributed by atoms with Gasteiger partial charge in [-0.2, -0.15) is 5.10 Å². The summed E-state index contributed by atoms with van der Waals surface area (Å²) in [5.74, 6) is 0. The lowest BCUT2D eigenvalue weighted by molar-refractivity contribution is 0.581. The summed E-state index contributed by atoms with van der Waals surface area (Å²) < 4.78 is 1.83. The number of thiazole rings is 1. The number of hydrogen-bond acceptors (Lipinski definition) is 5. The quantitative estimate of drug-likeness (QED) is 0.760. The number of nitrogens with one attached hydrogen (secondary N) is 1. The second kappa shape index (κ2) is 6.81. The van der Waals surface area contributed by atoms with E-state index >= 15 is 0 Å². The lowest BCUT2D eigenvalue weighted by Gasteiger charge is -2.12. The lowest BCUT2D eigenvalue weighted by Crippen LogP contribution is -2.17. The van der Waals surface area contributed by atoms with Crippen LogP contribution in [0.3, 0.4) is 0 Å². The van der Waals surface area contributed by atoms with E-state index in [1.807, 2.05) is 17.8 Å². The molecule has 3 aromatic rings. The Labute approximate surface area is 134 Å². The van der Waals surface area contributed by atoms with Gasteiger partial charge >= 0.3 is 0 Å². The van der Waals surface area contributed by atoms with Gasteiger partial charge in [0.1, 0.15) is 12.7 Å². The molecule has 0 aliphatic carbocycles. The molecular weight excluding hydrogens is 294 g/mol. The van der Waals surface area contributed by atoms with Crippen LogP contribution in [0.15, 0.2) is 43.1 Å². The first-order valence-electron chi connectivity index (χ1n) is 7.26. The third-order valence-corrected chi connectivity index (χ3v) is 4.58. The van der Waals surface area contributed by atoms with E-state index in [9.17, 15) is 0 Å². The van der Waals surface area contributed by atoms with Gasteiger partial charge in [-0.25, -0.2) is 14.6 Å². The van der Waals surface area contributed by atoms with Crippen molar-refractivity contribution in [3.05, 3.63) is 64.1 Å². The van der Waals surface area contributed by atoms with Crippen LogP contribution in [0.25, 0.3) is 0 Å². The van der Waals surface area contributed by atoms with E-state index < -0.39 is 0 Å². The molecule has 1 atom stereocenters. The van der Waals surface area contributed by atoms with Crippen molar-refractivity contribution in [3.63, 3.8) is 0 Å². The summed E-state index contributed by atoms with van der Waals surface area (Å²) in [6, 6.07) is 8.86. The van der Waals surface area contributed by atoms with Crippen LogP contribution in [0, 0.1) is 6.92 Å². The Bertz CT molecular complexity index is 720. The van der Waals surface area contributed by atoms with E-state index in [2.05, 4.69) is 51.6 Å². The average molecular weight is 313 g/mol. The normalized spacial score (nSPS) is 12.5. The lowest BCUT2D eigenvalue weighted by atomic mass is 10.1. The Morgan fingerprint density at radius 2 is 2.18 bits per heavy atom. The zero-order valence-electron chi connectivity index (χ0n) is 12.7. The molecule has 22 heavy (non-hydrogen) atoms. The van der Waals surface area contributed by atoms with Crippen molar-refractivity contribution >= 4 is 11.3 Å². The molecule has 1 aromatic carbocycles. The van der Waals surface area contributed by atoms with Gasteiger partial charge in [0.25, 0.3) is 0 Å². The third kappa shape index (κ3) is 3.78. The summed E-state index contributed by atoms with van der Waals surface area (Å²) in [6.07, 6.45) is 5.25. The molecule has 0 radical (unpaired) electrons. The monoisotopic (exact) mass is 313 g/mol. The van der Waals surface area contributed by atoms with E-state index in [0.29, 0.717) is 6.04 Å². The van der Waals surface area contributed by atoms with Crippen molar-refractivity contribution < 1.29 is 0 Å². The Morgan fingerprint density at radius 1 is 1.32 bits per heavy atom. The Balaban J connectivity index is 1.60. The standard InChI is InChI=1S/C16H19N5S/c1-12(16-8-19-13(2)22-16)18-7-14-4-3-5-15(6-14)9-21-11-17-10-20-21/h3-6,8,10-12,18H,7,9H2,1-2H3/t12-/m1/s1. The van der Waals surface area contributed by atoms with Crippen LogP contribution in [0.1, 0.15) is 34.0 Å². The van der Waals surface area contributed by atoms with Crippen molar-refractivity contribution in [3.8, 4) is 0 Å². The second-order valence-corrected chi connectivity index (χ2v) is 6.56. The molecule has 0 unspecified atom stereocenters. The van der Waals surface area contributed by atoms with Crippen molar-refractivity contribution in [2.24, 2.45) is 0 Å². The minimum absolute atomic E-state index is 0.310. The molecule has 0 aliphatic rings. The van der Waals surface area contributed by atoms with Crippen LogP contribution in [-0.2, 0) is 13.1 Å². The fraction of sp³-hybridized carbons (Fsp3) is 0.312. The topological polar surface area (TPSA) is 55.6 Å². The predicted octanol–water partition coefficient (Wildman–Crippen LogP) is 2.94. The zero-order valence-corrected chi connectivity index (χ0v) is 13.5. The molecule has 0 fully saturated rings. The van der Waals surface area contributed by atoms with Crippen molar-refractivity contribution in [2.45, 2.75) is 33.0 Å². The fourth-order valence-corrected chi connectivity index (χ4v) is 3.10. The molecule has 3 rings (SSSR count). The summed E-state index contributed by atoms with van der Waals surface area (Å²) in [5.41, 5.74) is 2.50. The van der Waals surface area contributed by atoms with E-state index in [4.69, 9.17) is 0 Å². The van der Waals surface area contributed by atoms with E-state index in [1.165, 1.54) is 16.0 Å². The highest BCUT2D eigenvalue weighted by molar-refractivity contribution is 7.11. The summed E-state index contributed by atoms with van der Waals surface area (Å²) in [4.78, 5) is 9.56. The Morgan fingerprint density at radius 3 is 2.91 bits per heavy atom. The van der Waals surface area contributed by atoms with Crippen molar-refractivity contribution in [2.75, 3.05) is 0 Å². The van der Waals surface area contributed by atoms with Crippen LogP contribution >= 0.6 is 11.3 Å². The summed E-state index contributed by atoms with van der Waals surface area (Å²) in [7, 11) is 0. The van der Waals surface area contributed by atoms with Crippen LogP contribution < -0.4 is 5.32 Å². The highest BCUT2D eigenvalue weighted by Gasteiger charge is 2.08. The van der Waals surface area contributed by atoms with Crippen LogP contribution in [-0.4, -0.2) is 19.7 Å². The first-order valence-corrected chi connectivity index (χ1v) is 8.08. The molecule has 0 bridgehead atoms. The molecule has 2 aromatic heterocycles. The number of hydrogen-bond donors (Lipinski definition) is 1. The maximum absolute atomic E-state index is 4.31. The molecule has 114 valence electrons. The van der Waals surface area contributed by atoms with Gasteiger partial charge in [-0.05, 0) is 25.0 Å². The first-order chi connectivity index (χ1) is 10.7. The molecule has 0 amide bonds. The highest BCUT2D eigenvalue weighted by atomic mass is 32.1. The van der Waals surface area contributed by atoms with Crippen LogP contribution in [0.2, 0.25) is 0 Å². The highest BCUT2D eigenvalue weighted by Crippen LogP contribution is 2.20. The number of nitrogens with zero attached hydrogens (tertiary/aromatic N) is 4. The van der Waals surface area contributed by atoms with Gasteiger partial charge in [-0.3, -0.25) is 0 Å². The number of rotatable bonds is 6. The molecule has 0 spiro atoms. The van der Waals surface area contributed by atoms with Gasteiger partial charge in [0, 0.05) is 23.7 Å². The minimum atomic E-state index is 0.310. The Kier molecular flexibility index (Phi) is 4.60. The maximum Gasteiger partial charge on any atom is 0.137 e. The maximum atomic E-state index is 4.31. The second-order valence-electron chi connectivity index (χ2n) is 5.30. The van der Waals surface area contributed by atoms with Gasteiger partial charge in [0.2, 0.25) is 0 Å². The number of aromatic nitrogens is 4. The molecule has 5 nitrogen and oxygen atoms in total. The van der Waals surface area contributed by atoms with Crippen LogP contribution in [0.4, 0.5) is 0 Å². The van der Waals surface area contributed by atoms with Crippen molar-refractivity contribution in [1.29, 1.82) is 0 Å². The van der Waals surface area contributed by atoms with Crippen LogP contribution in [0.5, 0.6) is 0 Å². The molecule has 6 heteroatoms. The third-order valence-electron chi connectivity index (χ3n) is 3.48. The Hall–Kier alpha value is -2.05. The summed E-state index contributed by atoms with van der Waals surface area (Å²) in [5, 5.41) is 8.80. The molecule has 0 saturated heterocycles. The molecule has 0 saturated carbocycles. The van der Waals surface area contributed by atoms with Gasteiger partial charge in [-0.15, -0.1) is 11.3 Å². The van der Waals surface area contributed by atoms with E-state index in [-0.39, 0.29) is 0 Å². The van der Waals surface area contributed by atoms with E-state index in [0.717, 1.165) is 18.1 Å². The molecule has 0 aliphatic heterocycles. The predicted molar refractivity (Wildman–Crippen MR) is 87.7 cm³/mol. The minimum Gasteiger partial charge on any atom is -0.305 e. The van der Waals surface area contributed by atoms with Gasteiger partial charge < -0.3 is 5.32 Å². The average Bonchev–Trinajstić information content (AvgIpc) is 3.17. The number of aryl methyl sites for hydroxylation is 1. The summed E-state index contributed by atoms with van der Waals surface area (Å²) in [6.45, 7) is 5.79. The summed E-state index contributed by atoms with van der Waals surface area (Å²) >= 11 is 1.74. The van der Waals surface area contributed by atoms with Gasteiger partial charge in [0.15, 0.2) is 0 Å². The molecular formula is C16H19N5S. The zero-order chi connectivity index (χ0) is 15.4. The fourth-order valence-electron chi connectivity index (χ4n) is 2.29. The van der Waals surface area contributed by atoms with Gasteiger partial charge in [-0.1, -0.05) is 24.3 Å². The van der Waals surface area contributed by atoms with E-state index in [1.54, 1.807) is 24.0 Å². The molecule has 2 heterocycles. The smallest absolute Gasteiger partial charge is 0.137 e.